The van der Waals surface area contributed by atoms with E-state index in [9.17, 15) is 9.59 Å². The van der Waals surface area contributed by atoms with Crippen LogP contribution in [0.4, 0.5) is 0 Å². The van der Waals surface area contributed by atoms with Crippen molar-refractivity contribution in [3.8, 4) is 0 Å². The van der Waals surface area contributed by atoms with Crippen molar-refractivity contribution >= 4 is 34.4 Å². The van der Waals surface area contributed by atoms with Gasteiger partial charge < -0.3 is 9.64 Å². The zero-order chi connectivity index (χ0) is 21.5. The fourth-order valence-corrected chi connectivity index (χ4v) is 4.75. The lowest BCUT2D eigenvalue weighted by molar-refractivity contribution is -0.150. The molecule has 3 aromatic carbocycles. The molecule has 1 fully saturated rings. The summed E-state index contributed by atoms with van der Waals surface area (Å²) in [7, 11) is 0. The number of benzene rings is 3. The van der Waals surface area contributed by atoms with E-state index in [1.165, 1.54) is 22.7 Å². The van der Waals surface area contributed by atoms with Crippen LogP contribution in [-0.4, -0.2) is 42.2 Å². The maximum absolute atomic E-state index is 12.4. The van der Waals surface area contributed by atoms with Crippen LogP contribution in [0.2, 0.25) is 0 Å². The van der Waals surface area contributed by atoms with Crippen molar-refractivity contribution in [3.05, 3.63) is 78.4 Å². The first-order valence-electron chi connectivity index (χ1n) is 10.8. The third-order valence-electron chi connectivity index (χ3n) is 5.77. The molecule has 1 heterocycles. The van der Waals surface area contributed by atoms with Crippen molar-refractivity contribution in [1.29, 1.82) is 0 Å². The van der Waals surface area contributed by atoms with Gasteiger partial charge in [0.15, 0.2) is 6.61 Å². The first kappa shape index (κ1) is 21.4. The number of amides is 1. The third-order valence-corrected chi connectivity index (χ3v) is 6.74. The lowest BCUT2D eigenvalue weighted by Gasteiger charge is -2.32. The molecule has 0 saturated carbocycles. The van der Waals surface area contributed by atoms with Gasteiger partial charge in [-0.15, -0.1) is 11.8 Å². The van der Waals surface area contributed by atoms with Crippen molar-refractivity contribution in [2.24, 2.45) is 5.92 Å². The highest BCUT2D eigenvalue weighted by Crippen LogP contribution is 2.24. The average Bonchev–Trinajstić information content (AvgIpc) is 2.82. The van der Waals surface area contributed by atoms with Crippen LogP contribution in [0, 0.1) is 5.92 Å². The molecule has 4 rings (SSSR count). The molecule has 0 bridgehead atoms. The fraction of sp³-hybridized carbons (Fsp3) is 0.308. The highest BCUT2D eigenvalue weighted by atomic mass is 32.2. The van der Waals surface area contributed by atoms with Gasteiger partial charge in [-0.05, 0) is 53.6 Å². The number of esters is 1. The van der Waals surface area contributed by atoms with E-state index in [1.54, 1.807) is 0 Å². The second-order valence-electron chi connectivity index (χ2n) is 7.97. The summed E-state index contributed by atoms with van der Waals surface area (Å²) in [6.45, 7) is 1.31. The van der Waals surface area contributed by atoms with Gasteiger partial charge in [-0.3, -0.25) is 9.59 Å². The molecule has 0 aliphatic carbocycles. The largest absolute Gasteiger partial charge is 0.455 e. The number of thioether (sulfide) groups is 1. The van der Waals surface area contributed by atoms with Gasteiger partial charge in [0.05, 0.1) is 5.75 Å². The highest BCUT2D eigenvalue weighted by molar-refractivity contribution is 8.00. The smallest absolute Gasteiger partial charge is 0.316 e. The zero-order valence-electron chi connectivity index (χ0n) is 17.5. The topological polar surface area (TPSA) is 46.6 Å². The number of hydrogen-bond donors (Lipinski definition) is 0. The molecule has 1 aliphatic heterocycles. The highest BCUT2D eigenvalue weighted by Gasteiger charge is 2.23. The maximum Gasteiger partial charge on any atom is 0.316 e. The number of nitrogens with zero attached hydrogens (tertiary/aromatic N) is 1. The first-order valence-corrected chi connectivity index (χ1v) is 11.7. The predicted octanol–water partition coefficient (Wildman–Crippen LogP) is 4.96. The van der Waals surface area contributed by atoms with E-state index in [0.717, 1.165) is 42.6 Å². The molecule has 0 atom stereocenters. The van der Waals surface area contributed by atoms with Crippen molar-refractivity contribution < 1.29 is 14.3 Å². The molecule has 0 N–H and O–H groups in total. The van der Waals surface area contributed by atoms with E-state index in [2.05, 4.69) is 42.5 Å². The summed E-state index contributed by atoms with van der Waals surface area (Å²) in [6.07, 6.45) is 3.04. The molecule has 1 saturated heterocycles. The Morgan fingerprint density at radius 1 is 0.903 bits per heavy atom. The molecule has 0 aromatic heterocycles. The Bertz CT molecular complexity index is 1030. The Morgan fingerprint density at radius 2 is 1.61 bits per heavy atom. The van der Waals surface area contributed by atoms with Crippen LogP contribution >= 0.6 is 11.8 Å². The Kier molecular flexibility index (Phi) is 7.26. The quantitative estimate of drug-likeness (QED) is 0.390. The molecule has 1 amide bonds. The van der Waals surface area contributed by atoms with Gasteiger partial charge in [0, 0.05) is 18.0 Å². The maximum atomic E-state index is 12.4. The summed E-state index contributed by atoms with van der Waals surface area (Å²) in [4.78, 5) is 27.4. The van der Waals surface area contributed by atoms with Gasteiger partial charge in [-0.25, -0.2) is 0 Å². The van der Waals surface area contributed by atoms with Crippen molar-refractivity contribution in [2.45, 2.75) is 24.2 Å². The summed E-state index contributed by atoms with van der Waals surface area (Å²) in [6, 6.07) is 24.7. The summed E-state index contributed by atoms with van der Waals surface area (Å²) < 4.78 is 5.24. The van der Waals surface area contributed by atoms with Gasteiger partial charge in [0.1, 0.15) is 0 Å². The van der Waals surface area contributed by atoms with E-state index in [4.69, 9.17) is 4.74 Å². The average molecular weight is 434 g/mol. The monoisotopic (exact) mass is 433 g/mol. The van der Waals surface area contributed by atoms with Gasteiger partial charge in [0.2, 0.25) is 0 Å². The Morgan fingerprint density at radius 3 is 2.39 bits per heavy atom. The lowest BCUT2D eigenvalue weighted by atomic mass is 9.90. The zero-order valence-corrected chi connectivity index (χ0v) is 18.4. The van der Waals surface area contributed by atoms with E-state index in [-0.39, 0.29) is 24.2 Å². The van der Waals surface area contributed by atoms with Crippen LogP contribution in [0.1, 0.15) is 18.4 Å². The summed E-state index contributed by atoms with van der Waals surface area (Å²) >= 11 is 1.43. The van der Waals surface area contributed by atoms with Crippen LogP contribution in [0.3, 0.4) is 0 Å². The Balaban J connectivity index is 1.17. The number of hydrogen-bond acceptors (Lipinski definition) is 4. The van der Waals surface area contributed by atoms with Crippen LogP contribution < -0.4 is 0 Å². The second kappa shape index (κ2) is 10.5. The number of carbonyl (C=O) groups is 2. The van der Waals surface area contributed by atoms with E-state index in [1.807, 2.05) is 35.2 Å². The molecule has 1 aliphatic rings. The second-order valence-corrected chi connectivity index (χ2v) is 9.02. The summed E-state index contributed by atoms with van der Waals surface area (Å²) in [5.41, 5.74) is 1.35. The van der Waals surface area contributed by atoms with E-state index in [0.29, 0.717) is 5.92 Å². The van der Waals surface area contributed by atoms with Gasteiger partial charge in [-0.1, -0.05) is 60.7 Å². The van der Waals surface area contributed by atoms with Crippen LogP contribution in [-0.2, 0) is 20.7 Å². The molecule has 31 heavy (non-hydrogen) atoms. The molecule has 0 spiro atoms. The number of rotatable bonds is 7. The molecule has 5 heteroatoms. The molecule has 160 valence electrons. The summed E-state index contributed by atoms with van der Waals surface area (Å²) in [5, 5.41) is 2.32. The number of likely N-dealkylation sites (tertiary alicyclic amines) is 1. The SMILES string of the molecule is O=C(CSc1ccc2ccccc2c1)OCC(=O)N1CCC(Cc2ccccc2)CC1. The summed E-state index contributed by atoms with van der Waals surface area (Å²) in [5.74, 6) is 0.352. The Labute approximate surface area is 187 Å². The van der Waals surface area contributed by atoms with Crippen LogP contribution in [0.5, 0.6) is 0 Å². The molecular weight excluding hydrogens is 406 g/mol. The van der Waals surface area contributed by atoms with Crippen molar-refractivity contribution in [1.82, 2.24) is 4.90 Å². The minimum Gasteiger partial charge on any atom is -0.455 e. The van der Waals surface area contributed by atoms with E-state index < -0.39 is 0 Å². The first-order chi connectivity index (χ1) is 15.2. The minimum absolute atomic E-state index is 0.0952. The van der Waals surface area contributed by atoms with Crippen LogP contribution in [0.25, 0.3) is 10.8 Å². The normalized spacial score (nSPS) is 14.5. The van der Waals surface area contributed by atoms with E-state index >= 15 is 0 Å². The number of fused-ring (bicyclic) bond motifs is 1. The molecule has 3 aromatic rings. The van der Waals surface area contributed by atoms with Crippen molar-refractivity contribution in [3.63, 3.8) is 0 Å². The number of carbonyl (C=O) groups excluding carboxylic acids is 2. The number of ether oxygens (including phenoxy) is 1. The third kappa shape index (κ3) is 6.11. The minimum atomic E-state index is -0.356. The fourth-order valence-electron chi connectivity index (χ4n) is 4.01. The van der Waals surface area contributed by atoms with Gasteiger partial charge in [-0.2, -0.15) is 0 Å². The molecule has 0 unspecified atom stereocenters. The Hall–Kier alpha value is -2.79. The van der Waals surface area contributed by atoms with Gasteiger partial charge >= 0.3 is 5.97 Å². The van der Waals surface area contributed by atoms with Crippen LogP contribution in [0.15, 0.2) is 77.7 Å². The van der Waals surface area contributed by atoms with Gasteiger partial charge in [0.25, 0.3) is 5.91 Å². The van der Waals surface area contributed by atoms with Crippen molar-refractivity contribution in [2.75, 3.05) is 25.4 Å². The molecule has 0 radical (unpaired) electrons. The molecule has 4 nitrogen and oxygen atoms in total. The standard InChI is InChI=1S/C26H27NO3S/c28-25(27-14-12-21(13-15-27)16-20-6-2-1-3-7-20)18-30-26(29)19-31-24-11-10-22-8-4-5-9-23(22)17-24/h1-11,17,21H,12-16,18-19H2. The number of piperidine rings is 1. The predicted molar refractivity (Wildman–Crippen MR) is 125 cm³/mol. The molecular formula is C26H27NO3S. The lowest BCUT2D eigenvalue weighted by Crippen LogP contribution is -2.41.